The van der Waals surface area contributed by atoms with Crippen LogP contribution in [0.2, 0.25) is 0 Å². The molecule has 1 aliphatic rings. The Bertz CT molecular complexity index is 956. The van der Waals surface area contributed by atoms with Gasteiger partial charge in [-0.3, -0.25) is 15.1 Å². The number of rotatable bonds is 7. The fraction of sp³-hybridized carbons (Fsp3) is 0.231. The van der Waals surface area contributed by atoms with E-state index in [-0.39, 0.29) is 4.75 Å². The number of thioether (sulfide) groups is 1. The molecule has 3 aromatic rings. The van der Waals surface area contributed by atoms with Gasteiger partial charge < -0.3 is 5.11 Å². The summed E-state index contributed by atoms with van der Waals surface area (Å²) >= 11 is 1.56. The molecule has 0 bridgehead atoms. The number of hydrogen-bond acceptors (Lipinski definition) is 4. The molecule has 1 heterocycles. The summed E-state index contributed by atoms with van der Waals surface area (Å²) < 4.78 is -0.199. The predicted octanol–water partition coefficient (Wildman–Crippen LogP) is 4.94. The Morgan fingerprint density at radius 3 is 1.65 bits per heavy atom. The van der Waals surface area contributed by atoms with E-state index in [2.05, 4.69) is 24.2 Å². The average molecular weight is 431 g/mol. The predicted molar refractivity (Wildman–Crippen MR) is 128 cm³/mol. The number of carboxylic acid groups (broad SMARTS) is 1. The van der Waals surface area contributed by atoms with Gasteiger partial charge in [0.25, 0.3) is 0 Å². The second-order valence-corrected chi connectivity index (χ2v) is 9.97. The first-order valence-corrected chi connectivity index (χ1v) is 11.2. The molecule has 0 aliphatic carbocycles. The lowest BCUT2D eigenvalue weighted by molar-refractivity contribution is -0.139. The van der Waals surface area contributed by atoms with Gasteiger partial charge in [-0.1, -0.05) is 91.0 Å². The van der Waals surface area contributed by atoms with Crippen molar-refractivity contribution in [1.29, 1.82) is 0 Å². The van der Waals surface area contributed by atoms with Gasteiger partial charge in [0, 0.05) is 11.0 Å². The Balaban J connectivity index is 1.91. The molecule has 3 aromatic carbocycles. The van der Waals surface area contributed by atoms with E-state index in [0.717, 1.165) is 16.7 Å². The monoisotopic (exact) mass is 430 g/mol. The highest BCUT2D eigenvalue weighted by Gasteiger charge is 2.44. The first-order valence-electron chi connectivity index (χ1n) is 10.3. The molecule has 4 nitrogen and oxygen atoms in total. The molecule has 0 saturated carbocycles. The van der Waals surface area contributed by atoms with E-state index in [9.17, 15) is 9.90 Å². The molecule has 0 aromatic heterocycles. The van der Waals surface area contributed by atoms with Crippen LogP contribution in [0.25, 0.3) is 0 Å². The average Bonchev–Trinajstić information content (AvgIpc) is 3.15. The Morgan fingerprint density at radius 2 is 1.32 bits per heavy atom. The summed E-state index contributed by atoms with van der Waals surface area (Å²) in [6, 6.07) is 29.2. The normalized spacial score (nSPS) is 18.6. The maximum Gasteiger partial charge on any atom is 0.323 e. The topological polar surface area (TPSA) is 61.7 Å². The largest absolute Gasteiger partial charge is 0.480 e. The molecule has 2 N–H and O–H groups in total. The fourth-order valence-electron chi connectivity index (χ4n) is 4.08. The molecule has 0 amide bonds. The maximum absolute atomic E-state index is 12.5. The Hall–Kier alpha value is -2.89. The van der Waals surface area contributed by atoms with Crippen molar-refractivity contribution in [1.82, 2.24) is 5.32 Å². The zero-order valence-electron chi connectivity index (χ0n) is 17.6. The van der Waals surface area contributed by atoms with Gasteiger partial charge >= 0.3 is 5.97 Å². The Morgan fingerprint density at radius 1 is 0.903 bits per heavy atom. The summed E-state index contributed by atoms with van der Waals surface area (Å²) in [6.07, 6.45) is 1.86. The highest BCUT2D eigenvalue weighted by atomic mass is 32.2. The number of aliphatic imine (C=N–C) groups is 1. The van der Waals surface area contributed by atoms with Gasteiger partial charge in [0.05, 0.1) is 5.54 Å². The number of carboxylic acids is 1. The smallest absolute Gasteiger partial charge is 0.323 e. The van der Waals surface area contributed by atoms with Crippen molar-refractivity contribution < 1.29 is 9.90 Å². The van der Waals surface area contributed by atoms with E-state index < -0.39 is 22.9 Å². The minimum absolute atomic E-state index is 0.199. The van der Waals surface area contributed by atoms with Crippen molar-refractivity contribution in [3.63, 3.8) is 0 Å². The van der Waals surface area contributed by atoms with Gasteiger partial charge in [-0.2, -0.15) is 0 Å². The van der Waals surface area contributed by atoms with E-state index in [0.29, 0.717) is 0 Å². The van der Waals surface area contributed by atoms with Crippen LogP contribution in [0.1, 0.15) is 30.5 Å². The van der Waals surface area contributed by atoms with Gasteiger partial charge in [-0.15, -0.1) is 11.8 Å². The lowest BCUT2D eigenvalue weighted by Gasteiger charge is -2.40. The first kappa shape index (κ1) is 21.3. The molecule has 158 valence electrons. The summed E-state index contributed by atoms with van der Waals surface area (Å²) in [6.45, 7) is 4.11. The number of nitrogens with one attached hydrogen (secondary N) is 1. The number of hydrogen-bond donors (Lipinski definition) is 2. The third-order valence-corrected chi connectivity index (χ3v) is 6.85. The van der Waals surface area contributed by atoms with Gasteiger partial charge in [0.1, 0.15) is 11.4 Å². The van der Waals surface area contributed by atoms with Crippen molar-refractivity contribution >= 4 is 23.9 Å². The molecule has 2 atom stereocenters. The molecule has 0 saturated heterocycles. The van der Waals surface area contributed by atoms with Crippen LogP contribution in [-0.2, 0) is 10.3 Å². The van der Waals surface area contributed by atoms with Gasteiger partial charge in [-0.05, 0) is 30.5 Å². The summed E-state index contributed by atoms with van der Waals surface area (Å²) in [5.41, 5.74) is 2.08. The SMILES string of the molecule is CC1(C)C=N[C@@H]([C@@H](NC(c2ccccc2)(c2ccccc2)c2ccccc2)C(=O)O)S1. The molecule has 31 heavy (non-hydrogen) atoms. The minimum atomic E-state index is -0.917. The molecule has 0 radical (unpaired) electrons. The van der Waals surface area contributed by atoms with Gasteiger partial charge in [0.2, 0.25) is 0 Å². The Labute approximate surface area is 187 Å². The summed E-state index contributed by atoms with van der Waals surface area (Å²) in [5.74, 6) is -0.917. The number of aliphatic carboxylic acids is 1. The van der Waals surface area contributed by atoms with Crippen molar-refractivity contribution in [3.8, 4) is 0 Å². The van der Waals surface area contributed by atoms with Crippen LogP contribution in [-0.4, -0.2) is 33.5 Å². The quantitative estimate of drug-likeness (QED) is 0.521. The van der Waals surface area contributed by atoms with E-state index in [1.807, 2.05) is 97.2 Å². The molecule has 0 spiro atoms. The van der Waals surface area contributed by atoms with Gasteiger partial charge in [0.15, 0.2) is 0 Å². The summed E-state index contributed by atoms with van der Waals surface area (Å²) in [5, 5.41) is 13.4. The van der Waals surface area contributed by atoms with Crippen molar-refractivity contribution in [2.45, 2.75) is 35.5 Å². The van der Waals surface area contributed by atoms with E-state index >= 15 is 0 Å². The van der Waals surface area contributed by atoms with Crippen LogP contribution in [0.3, 0.4) is 0 Å². The second-order valence-electron chi connectivity index (χ2n) is 8.20. The second kappa shape index (κ2) is 8.69. The van der Waals surface area contributed by atoms with Crippen LogP contribution in [0.5, 0.6) is 0 Å². The standard InChI is InChI=1S/C26H26N2O2S/c1-25(2)18-27-23(31-25)22(24(29)30)28-26(19-12-6-3-7-13-19,20-14-8-4-9-15-20)21-16-10-5-11-17-21/h3-18,22-23,28H,1-2H3,(H,29,30)/t22-,23-/m1/s1. The Kier molecular flexibility index (Phi) is 5.99. The highest BCUT2D eigenvalue weighted by molar-refractivity contribution is 8.02. The zero-order valence-corrected chi connectivity index (χ0v) is 18.4. The minimum Gasteiger partial charge on any atom is -0.480 e. The van der Waals surface area contributed by atoms with Crippen LogP contribution >= 0.6 is 11.8 Å². The van der Waals surface area contributed by atoms with Gasteiger partial charge in [-0.25, -0.2) is 0 Å². The summed E-state index contributed by atoms with van der Waals surface area (Å²) in [4.78, 5) is 17.1. The third kappa shape index (κ3) is 4.29. The van der Waals surface area contributed by atoms with Crippen LogP contribution in [0.15, 0.2) is 96.0 Å². The van der Waals surface area contributed by atoms with Crippen molar-refractivity contribution in [2.75, 3.05) is 0 Å². The number of carbonyl (C=O) groups is 1. The molecule has 0 unspecified atom stereocenters. The lowest BCUT2D eigenvalue weighted by Crippen LogP contribution is -2.55. The van der Waals surface area contributed by atoms with Crippen LogP contribution in [0, 0.1) is 0 Å². The number of nitrogens with zero attached hydrogens (tertiary/aromatic N) is 1. The molecule has 5 heteroatoms. The zero-order chi connectivity index (χ0) is 21.9. The highest BCUT2D eigenvalue weighted by Crippen LogP contribution is 2.40. The molecular weight excluding hydrogens is 404 g/mol. The number of benzene rings is 3. The van der Waals surface area contributed by atoms with E-state index in [1.165, 1.54) is 0 Å². The lowest BCUT2D eigenvalue weighted by atomic mass is 9.76. The first-order chi connectivity index (χ1) is 14.9. The molecule has 1 aliphatic heterocycles. The van der Waals surface area contributed by atoms with Crippen molar-refractivity contribution in [2.24, 2.45) is 4.99 Å². The third-order valence-electron chi connectivity index (χ3n) is 5.50. The molecule has 0 fully saturated rings. The fourth-order valence-corrected chi connectivity index (χ4v) is 5.27. The van der Waals surface area contributed by atoms with E-state index in [4.69, 9.17) is 0 Å². The van der Waals surface area contributed by atoms with Crippen LogP contribution < -0.4 is 5.32 Å². The summed E-state index contributed by atoms with van der Waals surface area (Å²) in [7, 11) is 0. The molecular formula is C26H26N2O2S. The van der Waals surface area contributed by atoms with E-state index in [1.54, 1.807) is 11.8 Å². The van der Waals surface area contributed by atoms with Crippen molar-refractivity contribution in [3.05, 3.63) is 108 Å². The molecule has 4 rings (SSSR count). The maximum atomic E-state index is 12.5. The van der Waals surface area contributed by atoms with Crippen LogP contribution in [0.4, 0.5) is 0 Å².